The van der Waals surface area contributed by atoms with Gasteiger partial charge in [0.1, 0.15) is 116 Å². The van der Waals surface area contributed by atoms with Crippen LogP contribution in [0.5, 0.6) is 0 Å². The summed E-state index contributed by atoms with van der Waals surface area (Å²) >= 11 is 0. The quantitative estimate of drug-likeness (QED) is 0.0581. The fraction of sp³-hybridized carbons (Fsp3) is 0.983. The van der Waals surface area contributed by atoms with Crippen molar-refractivity contribution in [3.8, 4) is 0 Å². The maximum atomic E-state index is 12.6. The van der Waals surface area contributed by atoms with Crippen LogP contribution in [0.3, 0.4) is 0 Å². The second-order valence-corrected chi connectivity index (χ2v) is 28.6. The van der Waals surface area contributed by atoms with E-state index in [9.17, 15) is 81.4 Å². The molecule has 6 heterocycles. The predicted octanol–water partition coefficient (Wildman–Crippen LogP) is -4.07. The number of hydrogen-bond acceptors (Lipinski definition) is 27. The largest absolute Gasteiger partial charge is 0.394 e. The van der Waals surface area contributed by atoms with Crippen LogP contribution in [0.1, 0.15) is 106 Å². The molecule has 11 fully saturated rings. The summed E-state index contributed by atoms with van der Waals surface area (Å²) in [6, 6.07) is 0. The van der Waals surface area contributed by atoms with E-state index in [1.807, 2.05) is 6.92 Å². The van der Waals surface area contributed by atoms with Crippen LogP contribution in [0.25, 0.3) is 0 Å². The van der Waals surface area contributed by atoms with Crippen molar-refractivity contribution < 1.29 is 133 Å². The molecule has 488 valence electrons. The molecule has 6 saturated heterocycles. The summed E-state index contributed by atoms with van der Waals surface area (Å²) in [5.41, 5.74) is -2.91. The fourth-order valence-corrected chi connectivity index (χ4v) is 18.9. The van der Waals surface area contributed by atoms with Crippen LogP contribution in [-0.4, -0.2) is 282 Å². The van der Waals surface area contributed by atoms with Crippen molar-refractivity contribution >= 4 is 6.29 Å². The summed E-state index contributed by atoms with van der Waals surface area (Å²) in [5, 5.41) is 164. The summed E-state index contributed by atoms with van der Waals surface area (Å²) < 4.78 is 67.9. The highest BCUT2D eigenvalue weighted by molar-refractivity contribution is 5.59. The minimum atomic E-state index is -2.08. The summed E-state index contributed by atoms with van der Waals surface area (Å²) in [6.07, 6.45) is -33.1. The molecular formula is C58H94O27. The Balaban J connectivity index is 0.856. The number of fused-ring (bicyclic) bond motifs is 4. The molecule has 2 bridgehead atoms. The van der Waals surface area contributed by atoms with Crippen molar-refractivity contribution in [3.05, 3.63) is 0 Å². The van der Waals surface area contributed by atoms with Crippen LogP contribution in [0.4, 0.5) is 0 Å². The van der Waals surface area contributed by atoms with E-state index in [0.717, 1.165) is 44.8 Å². The molecule has 1 spiro atoms. The number of carbonyl (C=O) groups excluding carboxylic acids is 1. The van der Waals surface area contributed by atoms with Crippen LogP contribution < -0.4 is 0 Å². The maximum Gasteiger partial charge on any atom is 0.187 e. The van der Waals surface area contributed by atoms with Crippen molar-refractivity contribution in [2.24, 2.45) is 50.2 Å². The molecule has 15 N–H and O–H groups in total. The predicted molar refractivity (Wildman–Crippen MR) is 283 cm³/mol. The Labute approximate surface area is 493 Å². The zero-order chi connectivity index (χ0) is 61.5. The Hall–Kier alpha value is -1.37. The van der Waals surface area contributed by atoms with Gasteiger partial charge in [-0.15, -0.1) is 0 Å². The van der Waals surface area contributed by atoms with Crippen molar-refractivity contribution in [2.75, 3.05) is 39.6 Å². The average molecular weight is 1220 g/mol. The van der Waals surface area contributed by atoms with Crippen LogP contribution in [-0.2, 0) is 56.9 Å². The molecule has 0 aromatic heterocycles. The molecule has 27 heteroatoms. The van der Waals surface area contributed by atoms with E-state index in [0.29, 0.717) is 32.3 Å². The Morgan fingerprint density at radius 1 is 0.482 bits per heavy atom. The van der Waals surface area contributed by atoms with Gasteiger partial charge in [0.05, 0.1) is 57.5 Å². The summed E-state index contributed by atoms with van der Waals surface area (Å²) in [6.45, 7) is 10.4. The van der Waals surface area contributed by atoms with Gasteiger partial charge in [-0.3, -0.25) is 0 Å². The molecule has 0 amide bonds. The van der Waals surface area contributed by atoms with Crippen molar-refractivity contribution in [2.45, 2.75) is 265 Å². The molecule has 0 unspecified atom stereocenters. The van der Waals surface area contributed by atoms with Gasteiger partial charge in [-0.25, -0.2) is 0 Å². The molecule has 5 aliphatic carbocycles. The van der Waals surface area contributed by atoms with Crippen molar-refractivity contribution in [1.29, 1.82) is 0 Å². The third-order valence-electron chi connectivity index (χ3n) is 24.1. The second kappa shape index (κ2) is 23.6. The van der Waals surface area contributed by atoms with Gasteiger partial charge in [-0.05, 0) is 98.2 Å². The van der Waals surface area contributed by atoms with Gasteiger partial charge in [-0.1, -0.05) is 41.5 Å². The standard InChI is InChI=1S/C58H94O27/c1-52(2)29-7-11-55(5)30(8-12-58-31-15-53(3,22-62)13-14-57(31,23-77-58)32(64)16-56(55,58)6)54(29,4)10-9-33(52)82-50-45(85-49-43(74)40(71)44(27(19-61)80-49)83-48-42(73)38(69)35(66)25(17-59)78-48)37(68)28(21-76-50)81-51-46(39(70)36(67)26(18-60)79-51)84-47-41(72)34(65)24(63)20-75-47/h22,24-51,59-61,63-74H,7-21,23H2,1-6H3/t24-,25-,26-,27-,28+,29-,30-,31+,32-,33-,34+,35-,36-,37+,38+,39+,40-,41-,42-,43-,44-,45-,46-,47+,48+,49+,50+,51+,53+,54+,55-,56+,57-,58+/m1/s1. The normalized spacial score (nSPS) is 57.6. The maximum absolute atomic E-state index is 12.6. The Bertz CT molecular complexity index is 2340. The van der Waals surface area contributed by atoms with Crippen molar-refractivity contribution in [3.63, 3.8) is 0 Å². The Kier molecular flexibility index (Phi) is 18.1. The van der Waals surface area contributed by atoms with E-state index in [4.69, 9.17) is 52.1 Å². The first-order chi connectivity index (χ1) is 40.0. The molecule has 11 rings (SSSR count). The Morgan fingerprint density at radius 3 is 1.72 bits per heavy atom. The first-order valence-electron chi connectivity index (χ1n) is 30.6. The summed E-state index contributed by atoms with van der Waals surface area (Å²) in [5.74, 6) is 0.302. The molecule has 85 heavy (non-hydrogen) atoms. The first kappa shape index (κ1) is 65.1. The molecule has 0 aromatic carbocycles. The van der Waals surface area contributed by atoms with Gasteiger partial charge < -0.3 is 133 Å². The highest BCUT2D eigenvalue weighted by Gasteiger charge is 2.80. The summed E-state index contributed by atoms with van der Waals surface area (Å²) in [4.78, 5) is 12.6. The molecular weight excluding hydrogens is 1130 g/mol. The monoisotopic (exact) mass is 1220 g/mol. The van der Waals surface area contributed by atoms with Crippen LogP contribution in [0, 0.1) is 50.2 Å². The number of ether oxygens (including phenoxy) is 11. The minimum absolute atomic E-state index is 0.0368. The van der Waals surface area contributed by atoms with E-state index in [1.54, 1.807) is 0 Å². The van der Waals surface area contributed by atoms with Crippen LogP contribution in [0.15, 0.2) is 0 Å². The number of carbonyl (C=O) groups is 1. The third kappa shape index (κ3) is 10.2. The fourth-order valence-electron chi connectivity index (χ4n) is 18.9. The Morgan fingerprint density at radius 2 is 1.05 bits per heavy atom. The lowest BCUT2D eigenvalue weighted by atomic mass is 9.30. The number of rotatable bonds is 14. The molecule has 27 nitrogen and oxygen atoms in total. The molecule has 5 saturated carbocycles. The number of aliphatic hydroxyl groups excluding tert-OH is 15. The van der Waals surface area contributed by atoms with E-state index < -0.39 is 208 Å². The third-order valence-corrected chi connectivity index (χ3v) is 24.1. The highest BCUT2D eigenvalue weighted by atomic mass is 16.8. The zero-order valence-electron chi connectivity index (χ0n) is 49.2. The lowest BCUT2D eigenvalue weighted by Gasteiger charge is -2.75. The minimum Gasteiger partial charge on any atom is -0.394 e. The number of aliphatic hydroxyl groups is 15. The number of hydrogen-bond donors (Lipinski definition) is 15. The lowest BCUT2D eigenvalue weighted by molar-refractivity contribution is -0.398. The van der Waals surface area contributed by atoms with E-state index in [1.165, 1.54) is 0 Å². The van der Waals surface area contributed by atoms with Gasteiger partial charge in [-0.2, -0.15) is 0 Å². The molecule has 0 radical (unpaired) electrons. The van der Waals surface area contributed by atoms with Crippen molar-refractivity contribution in [1.82, 2.24) is 0 Å². The van der Waals surface area contributed by atoms with Gasteiger partial charge >= 0.3 is 0 Å². The second-order valence-electron chi connectivity index (χ2n) is 28.6. The van der Waals surface area contributed by atoms with Gasteiger partial charge in [0, 0.05) is 16.2 Å². The molecule has 11 aliphatic rings. The van der Waals surface area contributed by atoms with E-state index in [2.05, 4.69) is 34.6 Å². The van der Waals surface area contributed by atoms with E-state index >= 15 is 0 Å². The first-order valence-corrected chi connectivity index (χ1v) is 30.6. The van der Waals surface area contributed by atoms with Crippen LogP contribution in [0.2, 0.25) is 0 Å². The average Bonchev–Trinajstić information content (AvgIpc) is 1.65. The molecule has 0 aromatic rings. The van der Waals surface area contributed by atoms with Gasteiger partial charge in [0.2, 0.25) is 0 Å². The van der Waals surface area contributed by atoms with Crippen LogP contribution >= 0.6 is 0 Å². The number of aldehydes is 1. The van der Waals surface area contributed by atoms with Gasteiger partial charge in [0.15, 0.2) is 31.5 Å². The highest BCUT2D eigenvalue weighted by Crippen LogP contribution is 2.80. The lowest BCUT2D eigenvalue weighted by Crippen LogP contribution is -2.74. The topological polar surface area (TPSA) is 422 Å². The van der Waals surface area contributed by atoms with E-state index in [-0.39, 0.29) is 34.0 Å². The molecule has 34 atom stereocenters. The summed E-state index contributed by atoms with van der Waals surface area (Å²) in [7, 11) is 0. The SMILES string of the molecule is CC1(C)[C@H]2CC[C@]3(C)[C@H](CC[C@]45OC[C@@]6(CC[C@](C)(C=O)C[C@@H]64)[C@H](O)C[C@]53C)[C@@]2(C)CC[C@H]1O[C@@H]1OC[C@H](O[C@@H]2O[C@H](CO)[C@@H](O)[C@H](O)[C@H]2O[C@@H]2OC[C@@H](O)[C@H](O)[C@H]2O)[C@H](O)[C@H]1O[C@@H]1O[C@H](CO)[C@@H](O[C@@H]2O[C@H](CO)[C@@H](O)[C@H](O)[C@H]2O)[C@H](O)[C@H]1O. The molecule has 6 aliphatic heterocycles. The smallest absolute Gasteiger partial charge is 0.187 e. The van der Waals surface area contributed by atoms with Gasteiger partial charge in [0.25, 0.3) is 0 Å². The zero-order valence-corrected chi connectivity index (χ0v) is 49.2.